The Bertz CT molecular complexity index is 595. The lowest BCUT2D eigenvalue weighted by Gasteiger charge is -2.11. The van der Waals surface area contributed by atoms with Crippen molar-refractivity contribution in [2.24, 2.45) is 0 Å². The number of nitrogens with two attached hydrogens (primary N) is 1. The lowest BCUT2D eigenvalue weighted by Crippen LogP contribution is -2.17. The van der Waals surface area contributed by atoms with E-state index in [4.69, 9.17) is 5.73 Å². The number of halogens is 4. The van der Waals surface area contributed by atoms with E-state index < -0.39 is 12.2 Å². The van der Waals surface area contributed by atoms with E-state index in [-0.39, 0.29) is 11.4 Å². The highest BCUT2D eigenvalue weighted by molar-refractivity contribution is 5.76. The van der Waals surface area contributed by atoms with Gasteiger partial charge in [-0.05, 0) is 35.9 Å². The highest BCUT2D eigenvalue weighted by Crippen LogP contribution is 2.31. The topological polar surface area (TPSA) is 35.2 Å². The molecule has 0 aromatic heterocycles. The summed E-state index contributed by atoms with van der Waals surface area (Å²) in [6.07, 6.45) is -4.77. The predicted octanol–water partition coefficient (Wildman–Crippen LogP) is 3.97. The molecule has 2 aromatic carbocycles. The molecule has 0 saturated heterocycles. The number of rotatable bonds is 2. The summed E-state index contributed by atoms with van der Waals surface area (Å²) in [5.74, 6) is -0.903. The predicted molar refractivity (Wildman–Crippen MR) is 62.9 cm³/mol. The van der Waals surface area contributed by atoms with Crippen molar-refractivity contribution in [1.82, 2.24) is 0 Å². The minimum absolute atomic E-state index is 0.269. The van der Waals surface area contributed by atoms with Crippen LogP contribution in [0.2, 0.25) is 0 Å². The molecule has 0 saturated carbocycles. The summed E-state index contributed by atoms with van der Waals surface area (Å²) in [5, 5.41) is 0. The molecule has 0 heterocycles. The van der Waals surface area contributed by atoms with E-state index in [1.54, 1.807) is 0 Å². The third-order valence-electron chi connectivity index (χ3n) is 2.39. The highest BCUT2D eigenvalue weighted by atomic mass is 19.4. The van der Waals surface area contributed by atoms with Crippen molar-refractivity contribution in [3.63, 3.8) is 0 Å². The summed E-state index contributed by atoms with van der Waals surface area (Å²) in [4.78, 5) is 0. The SMILES string of the molecule is Nc1ccc(F)cc1-c1cccc(OC(F)(F)F)c1. The number of hydrogen-bond acceptors (Lipinski definition) is 2. The van der Waals surface area contributed by atoms with Gasteiger partial charge in [-0.15, -0.1) is 13.2 Å². The van der Waals surface area contributed by atoms with Gasteiger partial charge in [0.25, 0.3) is 0 Å². The van der Waals surface area contributed by atoms with Crippen LogP contribution in [0, 0.1) is 5.82 Å². The second-order valence-electron chi connectivity index (χ2n) is 3.81. The van der Waals surface area contributed by atoms with Gasteiger partial charge in [-0.25, -0.2) is 4.39 Å². The summed E-state index contributed by atoms with van der Waals surface area (Å²) < 4.78 is 53.3. The van der Waals surface area contributed by atoms with Crippen LogP contribution >= 0.6 is 0 Å². The average Bonchev–Trinajstić information content (AvgIpc) is 2.30. The third kappa shape index (κ3) is 3.37. The van der Waals surface area contributed by atoms with E-state index in [0.717, 1.165) is 18.2 Å². The minimum Gasteiger partial charge on any atom is -0.406 e. The fourth-order valence-corrected chi connectivity index (χ4v) is 1.64. The highest BCUT2D eigenvalue weighted by Gasteiger charge is 2.31. The standard InChI is InChI=1S/C13H9F4NO/c14-9-4-5-12(18)11(7-9)8-2-1-3-10(6-8)19-13(15,16)17/h1-7H,18H2. The van der Waals surface area contributed by atoms with Crippen molar-refractivity contribution >= 4 is 5.69 Å². The molecular weight excluding hydrogens is 262 g/mol. The molecule has 0 radical (unpaired) electrons. The third-order valence-corrected chi connectivity index (χ3v) is 2.39. The van der Waals surface area contributed by atoms with Gasteiger partial charge in [0, 0.05) is 11.3 Å². The quantitative estimate of drug-likeness (QED) is 0.662. The largest absolute Gasteiger partial charge is 0.573 e. The van der Waals surface area contributed by atoms with E-state index in [1.165, 1.54) is 24.3 Å². The van der Waals surface area contributed by atoms with Crippen molar-refractivity contribution in [1.29, 1.82) is 0 Å². The van der Waals surface area contributed by atoms with E-state index >= 15 is 0 Å². The molecule has 0 aliphatic heterocycles. The van der Waals surface area contributed by atoms with Gasteiger partial charge in [-0.3, -0.25) is 0 Å². The van der Waals surface area contributed by atoms with Crippen LogP contribution in [0.5, 0.6) is 5.75 Å². The minimum atomic E-state index is -4.77. The van der Waals surface area contributed by atoms with Crippen molar-refractivity contribution in [3.8, 4) is 16.9 Å². The van der Waals surface area contributed by atoms with Crippen molar-refractivity contribution in [2.45, 2.75) is 6.36 Å². The monoisotopic (exact) mass is 271 g/mol. The fraction of sp³-hybridized carbons (Fsp3) is 0.0769. The van der Waals surface area contributed by atoms with Gasteiger partial charge in [0.2, 0.25) is 0 Å². The van der Waals surface area contributed by atoms with Crippen LogP contribution in [-0.2, 0) is 0 Å². The average molecular weight is 271 g/mol. The molecular formula is C13H9F4NO. The molecule has 0 spiro atoms. The summed E-state index contributed by atoms with van der Waals surface area (Å²) in [7, 11) is 0. The van der Waals surface area contributed by atoms with Crippen LogP contribution in [0.3, 0.4) is 0 Å². The lowest BCUT2D eigenvalue weighted by molar-refractivity contribution is -0.274. The molecule has 2 aromatic rings. The Morgan fingerprint density at radius 1 is 1.00 bits per heavy atom. The first-order valence-corrected chi connectivity index (χ1v) is 5.26. The zero-order valence-corrected chi connectivity index (χ0v) is 9.54. The Hall–Kier alpha value is -2.24. The van der Waals surface area contributed by atoms with E-state index in [1.807, 2.05) is 0 Å². The van der Waals surface area contributed by atoms with Gasteiger partial charge >= 0.3 is 6.36 Å². The van der Waals surface area contributed by atoms with E-state index in [2.05, 4.69) is 4.74 Å². The first-order valence-electron chi connectivity index (χ1n) is 5.26. The van der Waals surface area contributed by atoms with Gasteiger partial charge < -0.3 is 10.5 Å². The molecule has 19 heavy (non-hydrogen) atoms. The van der Waals surface area contributed by atoms with Crippen LogP contribution in [0.1, 0.15) is 0 Å². The smallest absolute Gasteiger partial charge is 0.406 e. The van der Waals surface area contributed by atoms with Crippen LogP contribution in [0.4, 0.5) is 23.2 Å². The number of ether oxygens (including phenoxy) is 1. The lowest BCUT2D eigenvalue weighted by atomic mass is 10.0. The van der Waals surface area contributed by atoms with Crippen LogP contribution in [0.25, 0.3) is 11.1 Å². The second-order valence-corrected chi connectivity index (χ2v) is 3.81. The molecule has 0 amide bonds. The Labute approximate surface area is 106 Å². The molecule has 0 bridgehead atoms. The maximum atomic E-state index is 13.1. The number of nitrogen functional groups attached to an aromatic ring is 1. The molecule has 0 aliphatic carbocycles. The Morgan fingerprint density at radius 2 is 1.74 bits per heavy atom. The van der Waals surface area contributed by atoms with Gasteiger partial charge in [-0.2, -0.15) is 0 Å². The van der Waals surface area contributed by atoms with E-state index in [0.29, 0.717) is 11.1 Å². The van der Waals surface area contributed by atoms with Crippen molar-refractivity contribution in [2.75, 3.05) is 5.73 Å². The molecule has 0 atom stereocenters. The first kappa shape index (κ1) is 13.2. The number of hydrogen-bond donors (Lipinski definition) is 1. The van der Waals surface area contributed by atoms with Gasteiger partial charge in [0.15, 0.2) is 0 Å². The Kier molecular flexibility index (Phi) is 3.33. The molecule has 2 rings (SSSR count). The van der Waals surface area contributed by atoms with Crippen LogP contribution in [-0.4, -0.2) is 6.36 Å². The number of benzene rings is 2. The molecule has 6 heteroatoms. The summed E-state index contributed by atoms with van der Waals surface area (Å²) in [5.41, 5.74) is 6.60. The zero-order chi connectivity index (χ0) is 14.0. The zero-order valence-electron chi connectivity index (χ0n) is 9.54. The van der Waals surface area contributed by atoms with Crippen molar-refractivity contribution in [3.05, 3.63) is 48.3 Å². The van der Waals surface area contributed by atoms with Crippen LogP contribution in [0.15, 0.2) is 42.5 Å². The summed E-state index contributed by atoms with van der Waals surface area (Å²) >= 11 is 0. The number of alkyl halides is 3. The van der Waals surface area contributed by atoms with Crippen LogP contribution < -0.4 is 10.5 Å². The number of anilines is 1. The molecule has 0 aliphatic rings. The first-order chi connectivity index (χ1) is 8.85. The fourth-order valence-electron chi connectivity index (χ4n) is 1.64. The molecule has 2 N–H and O–H groups in total. The molecule has 0 unspecified atom stereocenters. The normalized spacial score (nSPS) is 11.4. The summed E-state index contributed by atoms with van der Waals surface area (Å²) in [6.45, 7) is 0. The second kappa shape index (κ2) is 4.79. The van der Waals surface area contributed by atoms with Gasteiger partial charge in [0.1, 0.15) is 11.6 Å². The molecule has 100 valence electrons. The van der Waals surface area contributed by atoms with Crippen molar-refractivity contribution < 1.29 is 22.3 Å². The Balaban J connectivity index is 2.40. The molecule has 2 nitrogen and oxygen atoms in total. The maximum absolute atomic E-state index is 13.1. The Morgan fingerprint density at radius 3 is 2.42 bits per heavy atom. The molecule has 0 fully saturated rings. The van der Waals surface area contributed by atoms with E-state index in [9.17, 15) is 17.6 Å². The summed E-state index contributed by atoms with van der Waals surface area (Å²) in [6, 6.07) is 8.89. The maximum Gasteiger partial charge on any atom is 0.573 e. The van der Waals surface area contributed by atoms with Gasteiger partial charge in [-0.1, -0.05) is 12.1 Å². The van der Waals surface area contributed by atoms with Gasteiger partial charge in [0.05, 0.1) is 0 Å².